The van der Waals surface area contributed by atoms with Crippen LogP contribution in [0.1, 0.15) is 34.6 Å². The summed E-state index contributed by atoms with van der Waals surface area (Å²) in [6, 6.07) is 0. The maximum Gasteiger partial charge on any atom is 0.242 e. The number of aromatic nitrogens is 2. The third-order valence-electron chi connectivity index (χ3n) is 1.89. The molecule has 1 heterocycles. The van der Waals surface area contributed by atoms with E-state index >= 15 is 0 Å². The Kier molecular flexibility index (Phi) is 4.15. The van der Waals surface area contributed by atoms with E-state index in [9.17, 15) is 0 Å². The number of hydrogen-bond acceptors (Lipinski definition) is 5. The average molecular weight is 238 g/mol. The molecule has 96 valence electrons. The standard InChI is InChI=1S/C12H22N4O/c1-8(2)6-17-11-9(13)10(14-7-15-11)16-12(3,4)5/h7-8H,6,13H2,1-5H3,(H,14,15,16). The van der Waals surface area contributed by atoms with Crippen LogP contribution in [-0.2, 0) is 0 Å². The maximum absolute atomic E-state index is 5.96. The van der Waals surface area contributed by atoms with Gasteiger partial charge in [0.2, 0.25) is 5.88 Å². The highest BCUT2D eigenvalue weighted by Crippen LogP contribution is 2.26. The number of nitrogen functional groups attached to an aromatic ring is 1. The zero-order chi connectivity index (χ0) is 13.1. The first-order chi connectivity index (χ1) is 7.79. The predicted octanol–water partition coefficient (Wildman–Crippen LogP) is 2.30. The van der Waals surface area contributed by atoms with Gasteiger partial charge in [-0.05, 0) is 26.7 Å². The van der Waals surface area contributed by atoms with Gasteiger partial charge >= 0.3 is 0 Å². The van der Waals surface area contributed by atoms with Crippen LogP contribution in [0.3, 0.4) is 0 Å². The highest BCUT2D eigenvalue weighted by Gasteiger charge is 2.15. The molecular weight excluding hydrogens is 216 g/mol. The summed E-state index contributed by atoms with van der Waals surface area (Å²) < 4.78 is 5.54. The average Bonchev–Trinajstić information content (AvgIpc) is 2.17. The number of ether oxygens (including phenoxy) is 1. The summed E-state index contributed by atoms with van der Waals surface area (Å²) in [5.41, 5.74) is 6.33. The van der Waals surface area contributed by atoms with Crippen molar-refractivity contribution in [1.29, 1.82) is 0 Å². The van der Waals surface area contributed by atoms with Gasteiger partial charge in [0.25, 0.3) is 0 Å². The maximum atomic E-state index is 5.96. The van der Waals surface area contributed by atoms with Gasteiger partial charge in [0, 0.05) is 5.54 Å². The zero-order valence-corrected chi connectivity index (χ0v) is 11.2. The molecule has 1 rings (SSSR count). The molecule has 5 nitrogen and oxygen atoms in total. The topological polar surface area (TPSA) is 73.1 Å². The molecule has 0 saturated heterocycles. The van der Waals surface area contributed by atoms with Crippen LogP contribution in [0.2, 0.25) is 0 Å². The number of rotatable bonds is 4. The van der Waals surface area contributed by atoms with Crippen molar-refractivity contribution in [3.05, 3.63) is 6.33 Å². The first-order valence-electron chi connectivity index (χ1n) is 5.81. The van der Waals surface area contributed by atoms with Crippen LogP contribution in [0.25, 0.3) is 0 Å². The van der Waals surface area contributed by atoms with Crippen molar-refractivity contribution < 1.29 is 4.74 Å². The summed E-state index contributed by atoms with van der Waals surface area (Å²) >= 11 is 0. The lowest BCUT2D eigenvalue weighted by molar-refractivity contribution is 0.262. The minimum Gasteiger partial charge on any atom is -0.476 e. The third-order valence-corrected chi connectivity index (χ3v) is 1.89. The molecule has 3 N–H and O–H groups in total. The normalized spacial score (nSPS) is 11.6. The van der Waals surface area contributed by atoms with Crippen LogP contribution in [0.5, 0.6) is 5.88 Å². The Bertz CT molecular complexity index is 371. The highest BCUT2D eigenvalue weighted by molar-refractivity contribution is 5.67. The summed E-state index contributed by atoms with van der Waals surface area (Å²) in [6.45, 7) is 10.9. The Morgan fingerprint density at radius 3 is 2.53 bits per heavy atom. The molecule has 1 aromatic heterocycles. The fraction of sp³-hybridized carbons (Fsp3) is 0.667. The van der Waals surface area contributed by atoms with Crippen molar-refractivity contribution >= 4 is 11.5 Å². The number of hydrogen-bond donors (Lipinski definition) is 2. The minimum absolute atomic E-state index is 0.0994. The van der Waals surface area contributed by atoms with Crippen LogP contribution >= 0.6 is 0 Å². The molecule has 0 amide bonds. The number of nitrogens with one attached hydrogen (secondary N) is 1. The fourth-order valence-electron chi connectivity index (χ4n) is 1.19. The first-order valence-corrected chi connectivity index (χ1v) is 5.81. The van der Waals surface area contributed by atoms with E-state index in [-0.39, 0.29) is 5.54 Å². The molecule has 0 atom stereocenters. The lowest BCUT2D eigenvalue weighted by atomic mass is 10.1. The molecule has 0 saturated carbocycles. The van der Waals surface area contributed by atoms with E-state index < -0.39 is 0 Å². The largest absolute Gasteiger partial charge is 0.476 e. The van der Waals surface area contributed by atoms with Crippen LogP contribution in [0.15, 0.2) is 6.33 Å². The van der Waals surface area contributed by atoms with Crippen molar-refractivity contribution in [2.75, 3.05) is 17.7 Å². The summed E-state index contributed by atoms with van der Waals surface area (Å²) in [4.78, 5) is 8.17. The van der Waals surface area contributed by atoms with E-state index in [0.29, 0.717) is 29.9 Å². The quantitative estimate of drug-likeness (QED) is 0.842. The predicted molar refractivity (Wildman–Crippen MR) is 70.2 cm³/mol. The molecule has 17 heavy (non-hydrogen) atoms. The molecule has 1 aromatic rings. The van der Waals surface area contributed by atoms with Gasteiger partial charge in [-0.3, -0.25) is 0 Å². The van der Waals surface area contributed by atoms with Gasteiger partial charge in [0.15, 0.2) is 5.82 Å². The van der Waals surface area contributed by atoms with E-state index in [0.717, 1.165) is 0 Å². The second kappa shape index (κ2) is 5.21. The van der Waals surface area contributed by atoms with Gasteiger partial charge in [-0.25, -0.2) is 4.98 Å². The summed E-state index contributed by atoms with van der Waals surface area (Å²) in [5.74, 6) is 1.50. The zero-order valence-electron chi connectivity index (χ0n) is 11.2. The second-order valence-electron chi connectivity index (χ2n) is 5.52. The second-order valence-corrected chi connectivity index (χ2v) is 5.52. The Morgan fingerprint density at radius 2 is 2.00 bits per heavy atom. The van der Waals surface area contributed by atoms with Crippen molar-refractivity contribution in [1.82, 2.24) is 9.97 Å². The Labute approximate surface area is 103 Å². The van der Waals surface area contributed by atoms with Crippen LogP contribution in [0.4, 0.5) is 11.5 Å². The van der Waals surface area contributed by atoms with Crippen molar-refractivity contribution in [2.24, 2.45) is 5.92 Å². The van der Waals surface area contributed by atoms with Crippen molar-refractivity contribution in [3.63, 3.8) is 0 Å². The minimum atomic E-state index is -0.0994. The fourth-order valence-corrected chi connectivity index (χ4v) is 1.19. The molecule has 0 radical (unpaired) electrons. The van der Waals surface area contributed by atoms with Gasteiger partial charge in [0.1, 0.15) is 12.0 Å². The van der Waals surface area contributed by atoms with E-state index in [1.807, 2.05) is 20.8 Å². The van der Waals surface area contributed by atoms with Crippen LogP contribution in [-0.4, -0.2) is 22.1 Å². The first kappa shape index (κ1) is 13.5. The van der Waals surface area contributed by atoms with Gasteiger partial charge in [0.05, 0.1) is 6.61 Å². The number of nitrogens with zero attached hydrogens (tertiary/aromatic N) is 2. The summed E-state index contributed by atoms with van der Waals surface area (Å²) in [7, 11) is 0. The van der Waals surface area contributed by atoms with E-state index in [1.165, 1.54) is 6.33 Å². The molecule has 0 aliphatic heterocycles. The van der Waals surface area contributed by atoms with Gasteiger partial charge in [-0.2, -0.15) is 4.98 Å². The molecule has 5 heteroatoms. The Morgan fingerprint density at radius 1 is 1.35 bits per heavy atom. The molecule has 0 bridgehead atoms. The summed E-state index contributed by atoms with van der Waals surface area (Å²) in [5, 5.41) is 3.22. The molecule has 0 fully saturated rings. The monoisotopic (exact) mass is 238 g/mol. The molecule has 0 aliphatic rings. The van der Waals surface area contributed by atoms with E-state index in [2.05, 4.69) is 29.1 Å². The van der Waals surface area contributed by atoms with E-state index in [4.69, 9.17) is 10.5 Å². The lowest BCUT2D eigenvalue weighted by Crippen LogP contribution is -2.27. The smallest absolute Gasteiger partial charge is 0.242 e. The lowest BCUT2D eigenvalue weighted by Gasteiger charge is -2.22. The van der Waals surface area contributed by atoms with Crippen molar-refractivity contribution in [3.8, 4) is 5.88 Å². The molecule has 0 aromatic carbocycles. The SMILES string of the molecule is CC(C)COc1ncnc(NC(C)(C)C)c1N. The Balaban J connectivity index is 2.84. The third kappa shape index (κ3) is 4.46. The van der Waals surface area contributed by atoms with E-state index in [1.54, 1.807) is 0 Å². The number of anilines is 2. The van der Waals surface area contributed by atoms with Crippen LogP contribution in [0, 0.1) is 5.92 Å². The van der Waals surface area contributed by atoms with Gasteiger partial charge in [-0.15, -0.1) is 0 Å². The Hall–Kier alpha value is -1.52. The molecule has 0 unspecified atom stereocenters. The molecular formula is C12H22N4O. The van der Waals surface area contributed by atoms with Gasteiger partial charge < -0.3 is 15.8 Å². The van der Waals surface area contributed by atoms with Gasteiger partial charge in [-0.1, -0.05) is 13.8 Å². The summed E-state index contributed by atoms with van der Waals surface area (Å²) in [6.07, 6.45) is 1.46. The number of nitrogens with two attached hydrogens (primary N) is 1. The highest BCUT2D eigenvalue weighted by atomic mass is 16.5. The van der Waals surface area contributed by atoms with Crippen LogP contribution < -0.4 is 15.8 Å². The molecule has 0 spiro atoms. The van der Waals surface area contributed by atoms with Crippen molar-refractivity contribution in [2.45, 2.75) is 40.2 Å². The molecule has 0 aliphatic carbocycles.